The lowest BCUT2D eigenvalue weighted by Gasteiger charge is -2.37. The lowest BCUT2D eigenvalue weighted by Crippen LogP contribution is -2.37. The van der Waals surface area contributed by atoms with Crippen molar-refractivity contribution in [2.24, 2.45) is 5.73 Å². The van der Waals surface area contributed by atoms with Crippen molar-refractivity contribution in [3.05, 3.63) is 173 Å². The monoisotopic (exact) mass is 523 g/mol. The molecule has 1 heterocycles. The van der Waals surface area contributed by atoms with E-state index in [9.17, 15) is 9.90 Å². The van der Waals surface area contributed by atoms with Gasteiger partial charge in [-0.2, -0.15) is 0 Å². The van der Waals surface area contributed by atoms with Gasteiger partial charge in [0.05, 0.1) is 12.0 Å². The Bertz CT molecular complexity index is 1700. The van der Waals surface area contributed by atoms with E-state index in [0.717, 1.165) is 33.0 Å². The van der Waals surface area contributed by atoms with E-state index in [-0.39, 0.29) is 0 Å². The van der Waals surface area contributed by atoms with Crippen molar-refractivity contribution in [3.8, 4) is 0 Å². The standard InChI is InChI=1S/C35H29N3O2/c1-24-30-19-18-26(21-25(30)17-20-31(24)34(36)40)33(39)32-22-38(23-37-32)35(27-11-5-2-6-12-27,28-13-7-3-8-14-28)29-15-9-4-10-16-29/h2-23,33,39H,1H3,(H2,36,40). The van der Waals surface area contributed by atoms with Gasteiger partial charge in [0.2, 0.25) is 5.91 Å². The molecule has 6 rings (SSSR count). The molecule has 0 bridgehead atoms. The molecule has 0 saturated heterocycles. The summed E-state index contributed by atoms with van der Waals surface area (Å²) in [5.74, 6) is -0.451. The number of imidazole rings is 1. The van der Waals surface area contributed by atoms with Gasteiger partial charge in [-0.3, -0.25) is 4.79 Å². The number of amides is 1. The highest BCUT2D eigenvalue weighted by molar-refractivity contribution is 6.00. The first-order chi connectivity index (χ1) is 19.5. The number of benzene rings is 5. The van der Waals surface area contributed by atoms with Crippen molar-refractivity contribution in [1.82, 2.24) is 9.55 Å². The van der Waals surface area contributed by atoms with Gasteiger partial charge in [0.1, 0.15) is 11.6 Å². The maximum atomic E-state index is 11.8. The Balaban J connectivity index is 1.49. The third-order valence-electron chi connectivity index (χ3n) is 7.74. The van der Waals surface area contributed by atoms with E-state index in [1.165, 1.54) is 0 Å². The third kappa shape index (κ3) is 4.17. The number of primary amides is 1. The molecule has 1 amide bonds. The summed E-state index contributed by atoms with van der Waals surface area (Å²) in [6, 6.07) is 40.4. The Morgan fingerprint density at radius 2 is 1.35 bits per heavy atom. The van der Waals surface area contributed by atoms with Crippen LogP contribution >= 0.6 is 0 Å². The molecule has 1 unspecified atom stereocenters. The zero-order chi connectivity index (χ0) is 27.7. The molecule has 1 aromatic heterocycles. The average Bonchev–Trinajstić information content (AvgIpc) is 3.49. The highest BCUT2D eigenvalue weighted by Crippen LogP contribution is 2.41. The van der Waals surface area contributed by atoms with Crippen LogP contribution in [0.3, 0.4) is 0 Å². The van der Waals surface area contributed by atoms with Gasteiger partial charge in [-0.15, -0.1) is 0 Å². The number of rotatable bonds is 7. The minimum atomic E-state index is -0.943. The summed E-state index contributed by atoms with van der Waals surface area (Å²) in [5.41, 5.74) is 10.6. The number of hydrogen-bond donors (Lipinski definition) is 2. The fraction of sp³-hybridized carbons (Fsp3) is 0.0857. The minimum Gasteiger partial charge on any atom is -0.382 e. The van der Waals surface area contributed by atoms with E-state index in [1.54, 1.807) is 12.4 Å². The SMILES string of the molecule is Cc1c(C(N)=O)ccc2cc(C(O)c3cn(C(c4ccccc4)(c4ccccc4)c4ccccc4)cn3)ccc12. The lowest BCUT2D eigenvalue weighted by atomic mass is 9.77. The summed E-state index contributed by atoms with van der Waals surface area (Å²) in [6.07, 6.45) is 2.79. The van der Waals surface area contributed by atoms with Crippen LogP contribution in [-0.4, -0.2) is 20.6 Å². The second-order valence-electron chi connectivity index (χ2n) is 10.00. The summed E-state index contributed by atoms with van der Waals surface area (Å²) < 4.78 is 2.09. The molecule has 5 nitrogen and oxygen atoms in total. The molecule has 0 fully saturated rings. The van der Waals surface area contributed by atoms with Crippen molar-refractivity contribution in [1.29, 1.82) is 0 Å². The van der Waals surface area contributed by atoms with Gasteiger partial charge in [-0.05, 0) is 57.6 Å². The number of nitrogens with two attached hydrogens (primary N) is 1. The molecule has 0 aliphatic heterocycles. The maximum absolute atomic E-state index is 11.8. The zero-order valence-corrected chi connectivity index (χ0v) is 22.1. The first kappa shape index (κ1) is 25.3. The summed E-state index contributed by atoms with van der Waals surface area (Å²) >= 11 is 0. The maximum Gasteiger partial charge on any atom is 0.248 e. The highest BCUT2D eigenvalue weighted by atomic mass is 16.3. The predicted molar refractivity (Wildman–Crippen MR) is 158 cm³/mol. The number of aryl methyl sites for hydroxylation is 1. The quantitative estimate of drug-likeness (QED) is 0.239. The first-order valence-corrected chi connectivity index (χ1v) is 13.2. The largest absolute Gasteiger partial charge is 0.382 e. The molecule has 0 spiro atoms. The Labute approximate surface area is 233 Å². The van der Waals surface area contributed by atoms with Crippen LogP contribution in [0.25, 0.3) is 10.8 Å². The molecule has 0 radical (unpaired) electrons. The van der Waals surface area contributed by atoms with Crippen molar-refractivity contribution in [3.63, 3.8) is 0 Å². The molecular weight excluding hydrogens is 494 g/mol. The number of fused-ring (bicyclic) bond motifs is 1. The van der Waals surface area contributed by atoms with Crippen LogP contribution < -0.4 is 5.73 Å². The zero-order valence-electron chi connectivity index (χ0n) is 22.1. The molecule has 0 aliphatic rings. The van der Waals surface area contributed by atoms with Crippen LogP contribution in [0.4, 0.5) is 0 Å². The molecule has 196 valence electrons. The van der Waals surface area contributed by atoms with Gasteiger partial charge < -0.3 is 15.4 Å². The topological polar surface area (TPSA) is 81.1 Å². The van der Waals surface area contributed by atoms with Crippen molar-refractivity contribution in [2.45, 2.75) is 18.6 Å². The molecule has 0 saturated carbocycles. The third-order valence-corrected chi connectivity index (χ3v) is 7.74. The van der Waals surface area contributed by atoms with Crippen LogP contribution in [0.5, 0.6) is 0 Å². The Morgan fingerprint density at radius 3 is 1.88 bits per heavy atom. The number of carbonyl (C=O) groups is 1. The van der Waals surface area contributed by atoms with E-state index in [0.29, 0.717) is 16.8 Å². The number of carbonyl (C=O) groups excluding carboxylic acids is 1. The highest BCUT2D eigenvalue weighted by Gasteiger charge is 2.38. The summed E-state index contributed by atoms with van der Waals surface area (Å²) in [5, 5.41) is 13.4. The molecule has 1 atom stereocenters. The van der Waals surface area contributed by atoms with E-state index < -0.39 is 17.6 Å². The van der Waals surface area contributed by atoms with E-state index in [4.69, 9.17) is 10.7 Å². The number of aliphatic hydroxyl groups is 1. The molecule has 5 aromatic carbocycles. The van der Waals surface area contributed by atoms with Gasteiger partial charge in [0, 0.05) is 11.8 Å². The van der Waals surface area contributed by atoms with Crippen LogP contribution in [0.15, 0.2) is 134 Å². The Morgan fingerprint density at radius 1 is 0.800 bits per heavy atom. The molecule has 3 N–H and O–H groups in total. The lowest BCUT2D eigenvalue weighted by molar-refractivity contribution is 0.1000. The molecule has 0 aliphatic carbocycles. The smallest absolute Gasteiger partial charge is 0.248 e. The van der Waals surface area contributed by atoms with E-state index >= 15 is 0 Å². The van der Waals surface area contributed by atoms with E-state index in [1.807, 2.05) is 92.0 Å². The summed E-state index contributed by atoms with van der Waals surface area (Å²) in [7, 11) is 0. The summed E-state index contributed by atoms with van der Waals surface area (Å²) in [4.78, 5) is 16.5. The van der Waals surface area contributed by atoms with Crippen molar-refractivity contribution < 1.29 is 9.90 Å². The first-order valence-electron chi connectivity index (χ1n) is 13.2. The van der Waals surface area contributed by atoms with Crippen molar-refractivity contribution in [2.75, 3.05) is 0 Å². The number of aromatic nitrogens is 2. The van der Waals surface area contributed by atoms with Crippen LogP contribution in [0.1, 0.15) is 50.0 Å². The van der Waals surface area contributed by atoms with E-state index in [2.05, 4.69) is 41.0 Å². The molecule has 5 heteroatoms. The normalized spacial score (nSPS) is 12.3. The summed E-state index contributed by atoms with van der Waals surface area (Å²) in [6.45, 7) is 1.89. The fourth-order valence-corrected chi connectivity index (χ4v) is 5.76. The number of hydrogen-bond acceptors (Lipinski definition) is 3. The predicted octanol–water partition coefficient (Wildman–Crippen LogP) is 6.37. The number of aliphatic hydroxyl groups excluding tert-OH is 1. The fourth-order valence-electron chi connectivity index (χ4n) is 5.76. The van der Waals surface area contributed by atoms with Gasteiger partial charge in [0.25, 0.3) is 0 Å². The van der Waals surface area contributed by atoms with Crippen LogP contribution in [0.2, 0.25) is 0 Å². The molecular formula is C35H29N3O2. The second kappa shape index (κ2) is 10.3. The van der Waals surface area contributed by atoms with Crippen LogP contribution in [-0.2, 0) is 5.54 Å². The second-order valence-corrected chi connectivity index (χ2v) is 10.00. The van der Waals surface area contributed by atoms with Gasteiger partial charge in [-0.25, -0.2) is 4.98 Å². The number of nitrogens with zero attached hydrogens (tertiary/aromatic N) is 2. The Hall–Kier alpha value is -5.00. The van der Waals surface area contributed by atoms with Gasteiger partial charge >= 0.3 is 0 Å². The molecule has 40 heavy (non-hydrogen) atoms. The molecule has 6 aromatic rings. The van der Waals surface area contributed by atoms with Gasteiger partial charge in [0.15, 0.2) is 0 Å². The minimum absolute atomic E-state index is 0.451. The van der Waals surface area contributed by atoms with Gasteiger partial charge in [-0.1, -0.05) is 109 Å². The average molecular weight is 524 g/mol. The Kier molecular flexibility index (Phi) is 6.50. The van der Waals surface area contributed by atoms with Crippen molar-refractivity contribution >= 4 is 16.7 Å². The van der Waals surface area contributed by atoms with Crippen LogP contribution in [0, 0.1) is 6.92 Å².